The van der Waals surface area contributed by atoms with E-state index >= 15 is 0 Å². The molecule has 0 saturated heterocycles. The van der Waals surface area contributed by atoms with Crippen molar-refractivity contribution in [2.75, 3.05) is 0 Å². The van der Waals surface area contributed by atoms with E-state index in [1.54, 1.807) is 12.1 Å². The molecule has 0 bridgehead atoms. The third kappa shape index (κ3) is 1.79. The maximum Gasteiger partial charge on any atom is 0.352 e. The van der Waals surface area contributed by atoms with Gasteiger partial charge in [-0.3, -0.25) is 0 Å². The van der Waals surface area contributed by atoms with Gasteiger partial charge in [-0.1, -0.05) is 0 Å². The molecule has 96 valence electrons. The summed E-state index contributed by atoms with van der Waals surface area (Å²) in [5.74, 6) is -1.29. The van der Waals surface area contributed by atoms with E-state index in [1.165, 1.54) is 18.2 Å². The fourth-order valence-corrected chi connectivity index (χ4v) is 2.25. The van der Waals surface area contributed by atoms with Crippen LogP contribution in [0.1, 0.15) is 10.5 Å². The molecule has 0 radical (unpaired) electrons. The van der Waals surface area contributed by atoms with Crippen molar-refractivity contribution in [3.8, 4) is 11.4 Å². The average molecular weight is 258 g/mol. The zero-order valence-corrected chi connectivity index (χ0v) is 10.1. The van der Waals surface area contributed by atoms with Crippen LogP contribution in [-0.4, -0.2) is 20.6 Å². The highest BCUT2D eigenvalue weighted by Gasteiger charge is 2.12. The lowest BCUT2D eigenvalue weighted by atomic mass is 10.2. The van der Waals surface area contributed by atoms with E-state index in [1.807, 2.05) is 17.7 Å². The quantitative estimate of drug-likeness (QED) is 0.742. The lowest BCUT2D eigenvalue weighted by Gasteiger charge is -2.01. The molecule has 5 heteroatoms. The van der Waals surface area contributed by atoms with E-state index in [2.05, 4.69) is 4.98 Å². The maximum atomic E-state index is 13.2. The summed E-state index contributed by atoms with van der Waals surface area (Å²) >= 11 is 0. The normalized spacial score (nSPS) is 11.1. The van der Waals surface area contributed by atoms with Crippen LogP contribution in [0.5, 0.6) is 0 Å². The third-order valence-corrected chi connectivity index (χ3v) is 3.20. The van der Waals surface area contributed by atoms with Crippen molar-refractivity contribution in [1.82, 2.24) is 9.55 Å². The highest BCUT2D eigenvalue weighted by molar-refractivity contribution is 5.89. The Morgan fingerprint density at radius 2 is 2.05 bits per heavy atom. The molecule has 2 heterocycles. The molecule has 0 atom stereocenters. The number of hydrogen-bond acceptors (Lipinski definition) is 1. The Morgan fingerprint density at radius 3 is 2.74 bits per heavy atom. The second-order valence-corrected chi connectivity index (χ2v) is 4.38. The molecule has 3 rings (SSSR count). The minimum absolute atomic E-state index is 0.131. The van der Waals surface area contributed by atoms with Crippen LogP contribution in [0.25, 0.3) is 22.3 Å². The summed E-state index contributed by atoms with van der Waals surface area (Å²) in [5.41, 5.74) is 2.53. The van der Waals surface area contributed by atoms with Crippen LogP contribution in [0.15, 0.2) is 36.4 Å². The number of nitrogens with zero attached hydrogens (tertiary/aromatic N) is 1. The fraction of sp³-hybridized carbons (Fsp3) is 0.0714. The van der Waals surface area contributed by atoms with Gasteiger partial charge in [0.1, 0.15) is 11.5 Å². The largest absolute Gasteiger partial charge is 0.477 e. The molecule has 3 aromatic rings. The van der Waals surface area contributed by atoms with Gasteiger partial charge in [-0.2, -0.15) is 0 Å². The van der Waals surface area contributed by atoms with E-state index in [0.29, 0.717) is 5.69 Å². The number of carboxylic acid groups (broad SMARTS) is 1. The molecule has 0 aliphatic heterocycles. The van der Waals surface area contributed by atoms with Gasteiger partial charge in [-0.15, -0.1) is 0 Å². The number of hydrogen-bond donors (Lipinski definition) is 2. The summed E-state index contributed by atoms with van der Waals surface area (Å²) < 4.78 is 15.1. The molecule has 0 saturated carbocycles. The summed E-state index contributed by atoms with van der Waals surface area (Å²) in [4.78, 5) is 13.7. The molecular formula is C14H11FN2O2. The first-order valence-corrected chi connectivity index (χ1v) is 5.74. The summed E-state index contributed by atoms with van der Waals surface area (Å²) in [5, 5.41) is 9.68. The van der Waals surface area contributed by atoms with Crippen molar-refractivity contribution in [2.24, 2.45) is 7.05 Å². The number of H-pyrrole nitrogens is 1. The molecule has 4 nitrogen and oxygen atoms in total. The highest BCUT2D eigenvalue weighted by Crippen LogP contribution is 2.27. The monoisotopic (exact) mass is 258 g/mol. The van der Waals surface area contributed by atoms with Crippen LogP contribution < -0.4 is 0 Å². The van der Waals surface area contributed by atoms with Crippen LogP contribution >= 0.6 is 0 Å². The predicted molar refractivity (Wildman–Crippen MR) is 69.6 cm³/mol. The lowest BCUT2D eigenvalue weighted by molar-refractivity contribution is 0.0691. The number of nitrogens with one attached hydrogen (secondary N) is 1. The Labute approximate surface area is 108 Å². The first-order chi connectivity index (χ1) is 9.06. The first kappa shape index (κ1) is 11.5. The van der Waals surface area contributed by atoms with Crippen molar-refractivity contribution >= 4 is 16.9 Å². The minimum atomic E-state index is -1.00. The number of fused-ring (bicyclic) bond motifs is 1. The van der Waals surface area contributed by atoms with Crippen LogP contribution in [0.3, 0.4) is 0 Å². The Bertz CT molecular complexity index is 786. The zero-order chi connectivity index (χ0) is 13.6. The fourth-order valence-electron chi connectivity index (χ4n) is 2.25. The molecule has 19 heavy (non-hydrogen) atoms. The molecule has 0 aliphatic carbocycles. The van der Waals surface area contributed by atoms with Crippen molar-refractivity contribution in [3.05, 3.63) is 47.9 Å². The van der Waals surface area contributed by atoms with Gasteiger partial charge in [-0.25, -0.2) is 9.18 Å². The standard InChI is InChI=1S/C14H11FN2O2/c1-17-12-5-2-9(15)6-8(12)7-13(17)10-3-4-11(16-10)14(18)19/h2-7,16H,1H3,(H,18,19). The zero-order valence-electron chi connectivity index (χ0n) is 10.1. The van der Waals surface area contributed by atoms with Crippen LogP contribution in [0.4, 0.5) is 4.39 Å². The van der Waals surface area contributed by atoms with Gasteiger partial charge in [-0.05, 0) is 36.4 Å². The number of aromatic nitrogens is 2. The number of aromatic amines is 1. The molecular weight excluding hydrogens is 247 g/mol. The van der Waals surface area contributed by atoms with E-state index in [0.717, 1.165) is 16.6 Å². The topological polar surface area (TPSA) is 58.0 Å². The maximum absolute atomic E-state index is 13.2. The van der Waals surface area contributed by atoms with Crippen molar-refractivity contribution in [3.63, 3.8) is 0 Å². The molecule has 0 spiro atoms. The summed E-state index contributed by atoms with van der Waals surface area (Å²) in [6.07, 6.45) is 0. The molecule has 0 fully saturated rings. The Kier molecular flexibility index (Phi) is 2.41. The average Bonchev–Trinajstić information content (AvgIpc) is 2.94. The highest BCUT2D eigenvalue weighted by atomic mass is 19.1. The number of carbonyl (C=O) groups is 1. The number of rotatable bonds is 2. The number of aryl methyl sites for hydroxylation is 1. The van der Waals surface area contributed by atoms with Gasteiger partial charge < -0.3 is 14.7 Å². The molecule has 2 aromatic heterocycles. The molecule has 0 unspecified atom stereocenters. The summed E-state index contributed by atoms with van der Waals surface area (Å²) in [6, 6.07) is 9.61. The first-order valence-electron chi connectivity index (χ1n) is 5.74. The minimum Gasteiger partial charge on any atom is -0.477 e. The predicted octanol–water partition coefficient (Wildman–Crippen LogP) is 3.01. The molecule has 2 N–H and O–H groups in total. The van der Waals surface area contributed by atoms with E-state index < -0.39 is 5.97 Å². The van der Waals surface area contributed by atoms with Crippen LogP contribution in [-0.2, 0) is 7.05 Å². The van der Waals surface area contributed by atoms with Gasteiger partial charge >= 0.3 is 5.97 Å². The number of halogens is 1. The molecule has 0 aliphatic rings. The second kappa shape index (κ2) is 3.98. The molecule has 0 amide bonds. The van der Waals surface area contributed by atoms with Crippen LogP contribution in [0.2, 0.25) is 0 Å². The summed E-state index contributed by atoms with van der Waals surface area (Å²) in [7, 11) is 1.86. The summed E-state index contributed by atoms with van der Waals surface area (Å²) in [6.45, 7) is 0. The van der Waals surface area contributed by atoms with Gasteiger partial charge in [0.15, 0.2) is 0 Å². The Morgan fingerprint density at radius 1 is 1.26 bits per heavy atom. The number of carboxylic acids is 1. The lowest BCUT2D eigenvalue weighted by Crippen LogP contribution is -1.96. The molecule has 1 aromatic carbocycles. The van der Waals surface area contributed by atoms with Gasteiger partial charge in [0, 0.05) is 18.0 Å². The number of aromatic carboxylic acids is 1. The number of benzene rings is 1. The third-order valence-electron chi connectivity index (χ3n) is 3.20. The SMILES string of the molecule is Cn1c(-c2ccc(C(=O)O)[nH]2)cc2cc(F)ccc21. The Balaban J connectivity index is 2.18. The van der Waals surface area contributed by atoms with E-state index in [4.69, 9.17) is 5.11 Å². The van der Waals surface area contributed by atoms with Crippen LogP contribution in [0, 0.1) is 5.82 Å². The van der Waals surface area contributed by atoms with Crippen molar-refractivity contribution in [2.45, 2.75) is 0 Å². The smallest absolute Gasteiger partial charge is 0.352 e. The van der Waals surface area contributed by atoms with E-state index in [9.17, 15) is 9.18 Å². The van der Waals surface area contributed by atoms with E-state index in [-0.39, 0.29) is 11.5 Å². The Hall–Kier alpha value is -2.56. The van der Waals surface area contributed by atoms with Gasteiger partial charge in [0.2, 0.25) is 0 Å². The second-order valence-electron chi connectivity index (χ2n) is 4.38. The van der Waals surface area contributed by atoms with Crippen molar-refractivity contribution in [1.29, 1.82) is 0 Å². The van der Waals surface area contributed by atoms with Crippen molar-refractivity contribution < 1.29 is 14.3 Å². The van der Waals surface area contributed by atoms with Gasteiger partial charge in [0.25, 0.3) is 0 Å². The van der Waals surface area contributed by atoms with Gasteiger partial charge in [0.05, 0.1) is 11.4 Å².